The Kier molecular flexibility index (Phi) is 59.7. The Hall–Kier alpha value is -9.62. The van der Waals surface area contributed by atoms with Crippen molar-refractivity contribution in [2.75, 3.05) is 19.5 Å². The number of hydrogen-bond donors (Lipinski definition) is 1. The van der Waals surface area contributed by atoms with Crippen molar-refractivity contribution in [1.29, 1.82) is 0 Å². The fourth-order valence-corrected chi connectivity index (χ4v) is 11.0. The molecule has 0 aromatic heterocycles. The molecule has 1 saturated heterocycles. The van der Waals surface area contributed by atoms with Gasteiger partial charge in [-0.15, -0.1) is 6.58 Å². The molecular formula is C97H132F5N2O10PSSi. The normalized spacial score (nSPS) is 11.5. The molecule has 1 aliphatic rings. The molecule has 117 heavy (non-hydrogen) atoms. The lowest BCUT2D eigenvalue weighted by Gasteiger charge is -2.31. The van der Waals surface area contributed by atoms with Gasteiger partial charge in [-0.1, -0.05) is 351 Å². The molecule has 0 bridgehead atoms. The maximum absolute atomic E-state index is 12.7. The van der Waals surface area contributed by atoms with Gasteiger partial charge in [-0.2, -0.15) is 8.42 Å². The third kappa shape index (κ3) is 54.1. The summed E-state index contributed by atoms with van der Waals surface area (Å²) in [5, 5.41) is 22.2. The van der Waals surface area contributed by atoms with E-state index in [1.807, 2.05) is 105 Å². The van der Waals surface area contributed by atoms with Crippen LogP contribution in [0.3, 0.4) is 0 Å². The van der Waals surface area contributed by atoms with Crippen LogP contribution < -0.4 is 10.6 Å². The summed E-state index contributed by atoms with van der Waals surface area (Å²) in [7, 11) is -6.68. The second-order valence-electron chi connectivity index (χ2n) is 30.1. The third-order valence-corrected chi connectivity index (χ3v) is 17.4. The number of nitro benzene ring substituents is 2. The van der Waals surface area contributed by atoms with Gasteiger partial charge in [-0.25, -0.2) is 22.0 Å². The molecule has 0 amide bonds. The largest absolute Gasteiger partial charge is 0.379 e. The Morgan fingerprint density at radius 1 is 0.521 bits per heavy atom. The molecule has 20 heteroatoms. The van der Waals surface area contributed by atoms with Gasteiger partial charge in [0.05, 0.1) is 22.2 Å². The van der Waals surface area contributed by atoms with E-state index in [2.05, 4.69) is 243 Å². The van der Waals surface area contributed by atoms with E-state index in [0.29, 0.717) is 23.3 Å². The number of rotatable bonds is 11. The van der Waals surface area contributed by atoms with E-state index in [-0.39, 0.29) is 33.9 Å². The van der Waals surface area contributed by atoms with Gasteiger partial charge in [0, 0.05) is 66.1 Å². The molecule has 11 rings (SSSR count). The molecule has 1 heterocycles. The molecule has 0 aliphatic carbocycles. The molecule has 0 spiro atoms. The zero-order valence-electron chi connectivity index (χ0n) is 73.3. The standard InChI is InChI=1S/C20H18.C13H13OP.C8H5F5.C8H7NO3.C8H9NO2.C8H10.C7H8.C6H12O.C5H12.C4H12Si.2C3H8.C3H6.CH4O3S/c1-20(17-11-5-2-6-12-17,18-13-7-3-8-14-18)19-15-9-4-10-16-19;1-15(14,12-8-4-2-5-9-12)13-10-6-3-7-11-13;1-2-3-4(9)6(11)8(13)7(12)5(3)10;1-6(10)7-2-4-8(5-3-7)9(11)12;1-2-7-3-5-8(6-4-7)9(10)11;1-2-8-6-4-3-5-7-8;1-7-5-3-2-4-6-7;1-6-4-2-3-5-7-6;2*1-5(2,3)4;3*1-3-2;1-5(2,3)4/h2-16H,1H3;2-11H,1H3;2H2,1H3;2-5H,1H3;3-6H,2H2,1H3;3-7H,2H2,1H3;2-6H,1H3;6H,2-5H2,1H3;2*1-4H3;2*3H2,1-2H3;3H,1H2,2H3;1H3,(H,2,3,4). The van der Waals surface area contributed by atoms with Crippen LogP contribution in [0.5, 0.6) is 0 Å². The van der Waals surface area contributed by atoms with Crippen molar-refractivity contribution >= 4 is 53.1 Å². The fourth-order valence-electron chi connectivity index (χ4n) is 9.17. The Morgan fingerprint density at radius 3 is 0.991 bits per heavy atom. The smallest absolute Gasteiger partial charge is 0.269 e. The molecule has 1 fully saturated rings. The van der Waals surface area contributed by atoms with E-state index in [4.69, 9.17) is 9.29 Å². The van der Waals surface area contributed by atoms with E-state index < -0.39 is 64.9 Å². The van der Waals surface area contributed by atoms with Crippen molar-refractivity contribution < 1.29 is 58.9 Å². The van der Waals surface area contributed by atoms with Crippen molar-refractivity contribution in [3.8, 4) is 0 Å². The van der Waals surface area contributed by atoms with Crippen molar-refractivity contribution in [3.63, 3.8) is 0 Å². The van der Waals surface area contributed by atoms with E-state index in [1.54, 1.807) is 18.2 Å². The van der Waals surface area contributed by atoms with Crippen molar-refractivity contribution in [1.82, 2.24) is 0 Å². The molecule has 10 aromatic rings. The highest BCUT2D eigenvalue weighted by Crippen LogP contribution is 2.39. The predicted octanol–water partition coefficient (Wildman–Crippen LogP) is 27.9. The second kappa shape index (κ2) is 62.6. The number of nitrogens with zero attached hydrogens (tertiary/aromatic N) is 2. The average molecular weight is 1670 g/mol. The lowest BCUT2D eigenvalue weighted by atomic mass is 9.71. The molecule has 0 saturated carbocycles. The number of halogens is 5. The maximum Gasteiger partial charge on any atom is 0.269 e. The van der Waals surface area contributed by atoms with Gasteiger partial charge in [0.2, 0.25) is 5.82 Å². The van der Waals surface area contributed by atoms with Crippen LogP contribution in [0.15, 0.2) is 274 Å². The predicted molar refractivity (Wildman–Crippen MR) is 488 cm³/mol. The number of aryl methyl sites for hydroxylation is 3. The van der Waals surface area contributed by atoms with Crippen LogP contribution >= 0.6 is 7.14 Å². The lowest BCUT2D eigenvalue weighted by molar-refractivity contribution is -0.385. The summed E-state index contributed by atoms with van der Waals surface area (Å²) in [5.41, 5.74) is 8.04. The molecule has 1 unspecified atom stereocenters. The Labute approximate surface area is 700 Å². The van der Waals surface area contributed by atoms with E-state index in [9.17, 15) is 60.0 Å². The van der Waals surface area contributed by atoms with Crippen LogP contribution in [-0.4, -0.2) is 62.3 Å². The fraction of sp³-hybridized carbons (Fsp3) is 0.351. The minimum absolute atomic E-state index is 0.000000000000000222. The highest BCUT2D eigenvalue weighted by molar-refractivity contribution is 7.85. The SMILES string of the molecule is C=CC.CC(=O)c1ccc([N+](=O)[O-])cc1.CC(C)(C)C.CC(c1ccccc1)(c1ccccc1)c1ccccc1.CC1CCCCO1.CCC.CCC.CCc1c(F)c(F)c(F)c(F)c1F.CCc1ccc([N+](=O)[O-])cc1.CCc1ccccc1.CP(=O)(c1ccccc1)c1ccccc1.CS(=O)(=O)O.C[Si](C)(C)C.Cc1ccccc1. The number of nitro groups is 2. The number of Topliss-reactive ketones (excluding diaryl/α,β-unsaturated/α-hetero) is 1. The van der Waals surface area contributed by atoms with Gasteiger partial charge < -0.3 is 9.30 Å². The zero-order valence-corrected chi connectivity index (χ0v) is 76.0. The van der Waals surface area contributed by atoms with Crippen LogP contribution in [0.25, 0.3) is 0 Å². The molecule has 1 aliphatic heterocycles. The first-order valence-electron chi connectivity index (χ1n) is 39.4. The number of benzene rings is 10. The van der Waals surface area contributed by atoms with Crippen molar-refractivity contribution in [2.24, 2.45) is 5.41 Å². The highest BCUT2D eigenvalue weighted by atomic mass is 32.2. The monoisotopic (exact) mass is 1670 g/mol. The van der Waals surface area contributed by atoms with Gasteiger partial charge in [0.1, 0.15) is 7.14 Å². The summed E-state index contributed by atoms with van der Waals surface area (Å²) < 4.78 is 106. The first kappa shape index (κ1) is 112. The van der Waals surface area contributed by atoms with Crippen molar-refractivity contribution in [2.45, 2.75) is 200 Å². The Bertz CT molecular complexity index is 4180. The Balaban J connectivity index is -0.00000124. The topological polar surface area (TPSA) is 184 Å². The molecular weight excluding hydrogens is 1540 g/mol. The number of carbonyl (C=O) groups is 1. The van der Waals surface area contributed by atoms with E-state index in [1.165, 1.54) is 110 Å². The van der Waals surface area contributed by atoms with Crippen LogP contribution in [0.1, 0.15) is 185 Å². The summed E-state index contributed by atoms with van der Waals surface area (Å²) in [6.07, 6.45) is 11.2. The number of ether oxygens (including phenoxy) is 1. The van der Waals surface area contributed by atoms with Gasteiger partial charge >= 0.3 is 0 Å². The van der Waals surface area contributed by atoms with Gasteiger partial charge in [0.25, 0.3) is 21.5 Å². The van der Waals surface area contributed by atoms with Gasteiger partial charge in [-0.05, 0) is 125 Å². The number of ketones is 1. The van der Waals surface area contributed by atoms with Crippen LogP contribution in [0.4, 0.5) is 33.3 Å². The minimum Gasteiger partial charge on any atom is -0.379 e. The third-order valence-electron chi connectivity index (χ3n) is 14.8. The van der Waals surface area contributed by atoms with E-state index >= 15 is 0 Å². The second-order valence-corrected chi connectivity index (χ2v) is 40.4. The molecule has 0 radical (unpaired) electrons. The zero-order chi connectivity index (χ0) is 89.8. The Morgan fingerprint density at radius 2 is 0.778 bits per heavy atom. The lowest BCUT2D eigenvalue weighted by Crippen LogP contribution is -2.25. The quantitative estimate of drug-likeness (QED) is 0.0112. The number of hydrogen-bond acceptors (Lipinski definition) is 9. The van der Waals surface area contributed by atoms with E-state index in [0.717, 1.165) is 35.6 Å². The van der Waals surface area contributed by atoms with Gasteiger partial charge in [-0.3, -0.25) is 29.6 Å². The number of non-ortho nitro benzene ring substituents is 2. The van der Waals surface area contributed by atoms with Crippen LogP contribution in [0, 0.1) is 61.7 Å². The summed E-state index contributed by atoms with van der Waals surface area (Å²) in [4.78, 5) is 30.3. The van der Waals surface area contributed by atoms with Crippen molar-refractivity contribution in [3.05, 3.63) is 367 Å². The van der Waals surface area contributed by atoms with Gasteiger partial charge in [0.15, 0.2) is 29.1 Å². The number of carbonyl (C=O) groups excluding carboxylic acids is 1. The first-order valence-corrected chi connectivity index (χ1v) is 47.4. The summed E-state index contributed by atoms with van der Waals surface area (Å²) in [6, 6.07) is 84.2. The first-order chi connectivity index (χ1) is 54.8. The summed E-state index contributed by atoms with van der Waals surface area (Å²) >= 11 is 0. The molecule has 640 valence electrons. The van der Waals surface area contributed by atoms with Crippen LogP contribution in [0.2, 0.25) is 26.2 Å². The average Bonchev–Trinajstić information content (AvgIpc) is 0.771. The minimum atomic E-state index is -3.67. The molecule has 1 atom stereocenters. The summed E-state index contributed by atoms with van der Waals surface area (Å²) in [6.45, 7) is 48.0. The summed E-state index contributed by atoms with van der Waals surface area (Å²) in [5.74, 6) is -9.50. The molecule has 1 N–H and O–H groups in total. The van der Waals surface area contributed by atoms with Crippen LogP contribution in [-0.2, 0) is 44.1 Å². The molecule has 10 aromatic carbocycles. The maximum atomic E-state index is 12.7. The highest BCUT2D eigenvalue weighted by Gasteiger charge is 2.31. The number of allylic oxidation sites excluding steroid dienone is 1. The molecule has 12 nitrogen and oxygen atoms in total.